The second-order valence-corrected chi connectivity index (χ2v) is 6.65. The summed E-state index contributed by atoms with van der Waals surface area (Å²) in [5.74, 6) is 0. The van der Waals surface area contributed by atoms with Crippen molar-refractivity contribution in [2.45, 2.75) is 45.8 Å². The number of halogens is 3. The van der Waals surface area contributed by atoms with E-state index in [1.165, 1.54) is 12.1 Å². The largest absolute Gasteiger partial charge is 0.416 e. The van der Waals surface area contributed by atoms with E-state index in [1.54, 1.807) is 6.92 Å². The third kappa shape index (κ3) is 3.52. The van der Waals surface area contributed by atoms with Gasteiger partial charge in [-0.25, -0.2) is 0 Å². The molecule has 0 aliphatic heterocycles. The van der Waals surface area contributed by atoms with Crippen molar-refractivity contribution in [1.29, 1.82) is 0 Å². The molecule has 1 atom stereocenters. The summed E-state index contributed by atoms with van der Waals surface area (Å²) in [6, 6.07) is 7.14. The van der Waals surface area contributed by atoms with E-state index in [0.29, 0.717) is 23.9 Å². The molecule has 0 bridgehead atoms. The first-order chi connectivity index (χ1) is 12.2. The van der Waals surface area contributed by atoms with Crippen LogP contribution in [0, 0.1) is 13.8 Å². The van der Waals surface area contributed by atoms with E-state index in [4.69, 9.17) is 0 Å². The Morgan fingerprint density at radius 3 is 2.46 bits per heavy atom. The highest BCUT2D eigenvalue weighted by atomic mass is 19.4. The van der Waals surface area contributed by atoms with Gasteiger partial charge in [-0.05, 0) is 57.4 Å². The van der Waals surface area contributed by atoms with E-state index in [1.807, 2.05) is 24.6 Å². The average Bonchev–Trinajstić information content (AvgIpc) is 2.89. The summed E-state index contributed by atoms with van der Waals surface area (Å²) in [6.45, 7) is 5.61. The van der Waals surface area contributed by atoms with Gasteiger partial charge < -0.3 is 4.98 Å². The molecule has 0 aliphatic carbocycles. The molecule has 2 aromatic heterocycles. The Kier molecular flexibility index (Phi) is 4.64. The molecule has 1 aromatic carbocycles. The molecule has 2 heterocycles. The van der Waals surface area contributed by atoms with Crippen molar-refractivity contribution in [3.8, 4) is 0 Å². The zero-order valence-corrected chi connectivity index (χ0v) is 14.8. The topological polar surface area (TPSA) is 50.7 Å². The third-order valence-electron chi connectivity index (χ3n) is 4.56. The second kappa shape index (κ2) is 6.63. The number of hydrogen-bond acceptors (Lipinski definition) is 2. The smallest absolute Gasteiger partial charge is 0.326 e. The molecule has 0 radical (unpaired) electrons. The molecule has 4 nitrogen and oxygen atoms in total. The number of benzene rings is 1. The maximum absolute atomic E-state index is 12.6. The summed E-state index contributed by atoms with van der Waals surface area (Å²) < 4.78 is 39.7. The first kappa shape index (κ1) is 18.2. The summed E-state index contributed by atoms with van der Waals surface area (Å²) in [5, 5.41) is 5.08. The molecule has 1 unspecified atom stereocenters. The van der Waals surface area contributed by atoms with Crippen LogP contribution in [0.25, 0.3) is 10.9 Å². The zero-order chi connectivity index (χ0) is 19.1. The van der Waals surface area contributed by atoms with E-state index < -0.39 is 11.7 Å². The molecule has 0 spiro atoms. The van der Waals surface area contributed by atoms with Crippen molar-refractivity contribution >= 4 is 10.9 Å². The van der Waals surface area contributed by atoms with Crippen molar-refractivity contribution < 1.29 is 13.2 Å². The molecule has 0 fully saturated rings. The number of aryl methyl sites for hydroxylation is 3. The molecule has 1 N–H and O–H groups in total. The third-order valence-corrected chi connectivity index (χ3v) is 4.56. The minimum atomic E-state index is -4.32. The highest BCUT2D eigenvalue weighted by molar-refractivity contribution is 5.81. The second-order valence-electron chi connectivity index (χ2n) is 6.65. The fourth-order valence-corrected chi connectivity index (χ4v) is 3.16. The van der Waals surface area contributed by atoms with Crippen molar-refractivity contribution in [3.63, 3.8) is 0 Å². The molecular weight excluding hydrogens is 343 g/mol. The van der Waals surface area contributed by atoms with Crippen LogP contribution in [-0.2, 0) is 12.6 Å². The lowest BCUT2D eigenvalue weighted by Gasteiger charge is -2.14. The first-order valence-electron chi connectivity index (χ1n) is 8.41. The van der Waals surface area contributed by atoms with E-state index in [9.17, 15) is 18.0 Å². The minimum absolute atomic E-state index is 0.00897. The Labute approximate surface area is 148 Å². The number of aromatic amines is 1. The van der Waals surface area contributed by atoms with Crippen LogP contribution in [0.5, 0.6) is 0 Å². The Morgan fingerprint density at radius 1 is 1.19 bits per heavy atom. The standard InChI is InChI=1S/C19H20F3N3O/c1-11-10-16-17(18(26)23-11)13(3)24-25(16)12(2)4-5-14-6-8-15(9-7-14)19(20,21)22/h6-10,12H,4-5H2,1-3H3,(H,23,26). The summed E-state index contributed by atoms with van der Waals surface area (Å²) in [4.78, 5) is 14.9. The average molecular weight is 363 g/mol. The van der Waals surface area contributed by atoms with Crippen molar-refractivity contribution in [2.75, 3.05) is 0 Å². The number of H-pyrrole nitrogens is 1. The maximum Gasteiger partial charge on any atom is 0.416 e. The Morgan fingerprint density at radius 2 is 1.85 bits per heavy atom. The van der Waals surface area contributed by atoms with E-state index in [2.05, 4.69) is 10.1 Å². The number of pyridine rings is 1. The molecule has 3 rings (SSSR count). The lowest BCUT2D eigenvalue weighted by molar-refractivity contribution is -0.137. The van der Waals surface area contributed by atoms with Gasteiger partial charge in [-0.3, -0.25) is 9.48 Å². The summed E-state index contributed by atoms with van der Waals surface area (Å²) >= 11 is 0. The van der Waals surface area contributed by atoms with Gasteiger partial charge in [0.1, 0.15) is 0 Å². The molecule has 0 saturated carbocycles. The summed E-state index contributed by atoms with van der Waals surface area (Å²) in [7, 11) is 0. The van der Waals surface area contributed by atoms with Gasteiger partial charge in [0, 0.05) is 5.69 Å². The van der Waals surface area contributed by atoms with E-state index in [-0.39, 0.29) is 11.6 Å². The van der Waals surface area contributed by atoms with E-state index >= 15 is 0 Å². The van der Waals surface area contributed by atoms with Crippen LogP contribution in [0.15, 0.2) is 35.1 Å². The van der Waals surface area contributed by atoms with Crippen LogP contribution in [0.3, 0.4) is 0 Å². The quantitative estimate of drug-likeness (QED) is 0.739. The zero-order valence-electron chi connectivity index (χ0n) is 14.8. The monoisotopic (exact) mass is 363 g/mol. The number of aromatic nitrogens is 3. The molecule has 0 amide bonds. The van der Waals surface area contributed by atoms with Gasteiger partial charge in [0.15, 0.2) is 0 Å². The number of nitrogens with zero attached hydrogens (tertiary/aromatic N) is 2. The lowest BCUT2D eigenvalue weighted by Crippen LogP contribution is -2.11. The van der Waals surface area contributed by atoms with Crippen LogP contribution < -0.4 is 5.56 Å². The molecule has 26 heavy (non-hydrogen) atoms. The fraction of sp³-hybridized carbons (Fsp3) is 0.368. The highest BCUT2D eigenvalue weighted by Gasteiger charge is 2.29. The van der Waals surface area contributed by atoms with Crippen LogP contribution in [0.2, 0.25) is 0 Å². The van der Waals surface area contributed by atoms with E-state index in [0.717, 1.165) is 28.9 Å². The Balaban J connectivity index is 1.80. The van der Waals surface area contributed by atoms with Crippen LogP contribution in [0.1, 0.15) is 41.9 Å². The summed E-state index contributed by atoms with van der Waals surface area (Å²) in [6.07, 6.45) is -2.99. The van der Waals surface area contributed by atoms with Crippen molar-refractivity contribution in [1.82, 2.24) is 14.8 Å². The first-order valence-corrected chi connectivity index (χ1v) is 8.41. The van der Waals surface area contributed by atoms with Gasteiger partial charge in [-0.2, -0.15) is 18.3 Å². The van der Waals surface area contributed by atoms with Gasteiger partial charge in [0.05, 0.1) is 28.2 Å². The fourth-order valence-electron chi connectivity index (χ4n) is 3.16. The normalized spacial score (nSPS) is 13.3. The van der Waals surface area contributed by atoms with Gasteiger partial charge in [0.25, 0.3) is 5.56 Å². The highest BCUT2D eigenvalue weighted by Crippen LogP contribution is 2.29. The van der Waals surface area contributed by atoms with Crippen molar-refractivity contribution in [2.24, 2.45) is 0 Å². The number of rotatable bonds is 4. The lowest BCUT2D eigenvalue weighted by atomic mass is 10.0. The number of hydrogen-bond donors (Lipinski definition) is 1. The predicted molar refractivity (Wildman–Crippen MR) is 94.3 cm³/mol. The molecule has 138 valence electrons. The molecule has 7 heteroatoms. The number of alkyl halides is 3. The Hall–Kier alpha value is -2.57. The molecular formula is C19H20F3N3O. The number of fused-ring (bicyclic) bond motifs is 1. The van der Waals surface area contributed by atoms with Gasteiger partial charge in [-0.15, -0.1) is 0 Å². The van der Waals surface area contributed by atoms with Crippen LogP contribution in [0.4, 0.5) is 13.2 Å². The molecule has 0 saturated heterocycles. The van der Waals surface area contributed by atoms with Crippen LogP contribution in [-0.4, -0.2) is 14.8 Å². The molecule has 0 aliphatic rings. The van der Waals surface area contributed by atoms with Gasteiger partial charge >= 0.3 is 6.18 Å². The predicted octanol–water partition coefficient (Wildman–Crippen LogP) is 4.55. The van der Waals surface area contributed by atoms with Crippen LogP contribution >= 0.6 is 0 Å². The minimum Gasteiger partial charge on any atom is -0.326 e. The number of nitrogens with one attached hydrogen (secondary N) is 1. The maximum atomic E-state index is 12.6. The van der Waals surface area contributed by atoms with Gasteiger partial charge in [0.2, 0.25) is 0 Å². The van der Waals surface area contributed by atoms with Crippen molar-refractivity contribution in [3.05, 3.63) is 63.2 Å². The molecule has 3 aromatic rings. The summed E-state index contributed by atoms with van der Waals surface area (Å²) in [5.41, 5.74) is 2.26. The van der Waals surface area contributed by atoms with Gasteiger partial charge in [-0.1, -0.05) is 12.1 Å². The SMILES string of the molecule is Cc1cc2c(c(C)nn2C(C)CCc2ccc(C(F)(F)F)cc2)c(=O)[nH]1. The Bertz CT molecular complexity index is 984.